The Kier molecular flexibility index (Phi) is 3.74. The van der Waals surface area contributed by atoms with Crippen LogP contribution < -0.4 is 4.74 Å². The average molecular weight is 226 g/mol. The Bertz CT molecular complexity index is 348. The van der Waals surface area contributed by atoms with E-state index in [-0.39, 0.29) is 12.1 Å². The van der Waals surface area contributed by atoms with Crippen molar-refractivity contribution in [3.63, 3.8) is 0 Å². The molecule has 4 heteroatoms. The Morgan fingerprint density at radius 2 is 2.12 bits per heavy atom. The summed E-state index contributed by atoms with van der Waals surface area (Å²) < 4.78 is 29.1. The van der Waals surface area contributed by atoms with Gasteiger partial charge in [0.25, 0.3) is 0 Å². The van der Waals surface area contributed by atoms with Gasteiger partial charge >= 0.3 is 0 Å². The number of benzene rings is 1. The molecule has 0 bridgehead atoms. The SMILES string of the molecule is Cc1ccc(OCCC2OCCO2)cc1F. The Morgan fingerprint density at radius 3 is 2.81 bits per heavy atom. The van der Waals surface area contributed by atoms with E-state index in [4.69, 9.17) is 14.2 Å². The molecule has 1 aromatic rings. The highest BCUT2D eigenvalue weighted by Crippen LogP contribution is 2.16. The standard InChI is InChI=1S/C12H15FO3/c1-9-2-3-10(8-11(9)13)14-5-4-12-15-6-7-16-12/h2-3,8,12H,4-7H2,1H3. The molecule has 0 aliphatic carbocycles. The maximum Gasteiger partial charge on any atom is 0.161 e. The lowest BCUT2D eigenvalue weighted by Gasteiger charge is -2.10. The number of halogens is 1. The molecular weight excluding hydrogens is 211 g/mol. The highest BCUT2D eigenvalue weighted by molar-refractivity contribution is 5.27. The van der Waals surface area contributed by atoms with Crippen LogP contribution in [0.25, 0.3) is 0 Å². The zero-order valence-electron chi connectivity index (χ0n) is 9.24. The molecule has 1 fully saturated rings. The summed E-state index contributed by atoms with van der Waals surface area (Å²) in [6.07, 6.45) is 0.491. The van der Waals surface area contributed by atoms with Crippen molar-refractivity contribution in [3.8, 4) is 5.75 Å². The van der Waals surface area contributed by atoms with Crippen molar-refractivity contribution in [2.75, 3.05) is 19.8 Å². The average Bonchev–Trinajstić information content (AvgIpc) is 2.76. The molecule has 0 N–H and O–H groups in total. The molecule has 1 aliphatic heterocycles. The van der Waals surface area contributed by atoms with Gasteiger partial charge in [-0.15, -0.1) is 0 Å². The number of ether oxygens (including phenoxy) is 3. The fourth-order valence-corrected chi connectivity index (χ4v) is 1.51. The fraction of sp³-hybridized carbons (Fsp3) is 0.500. The van der Waals surface area contributed by atoms with Crippen molar-refractivity contribution in [1.29, 1.82) is 0 Å². The van der Waals surface area contributed by atoms with Gasteiger partial charge in [-0.05, 0) is 18.6 Å². The lowest BCUT2D eigenvalue weighted by molar-refractivity contribution is -0.0531. The molecule has 1 saturated heterocycles. The quantitative estimate of drug-likeness (QED) is 0.788. The fourth-order valence-electron chi connectivity index (χ4n) is 1.51. The lowest BCUT2D eigenvalue weighted by atomic mass is 10.2. The highest BCUT2D eigenvalue weighted by Gasteiger charge is 2.15. The molecule has 2 rings (SSSR count). The Hall–Kier alpha value is -1.13. The zero-order valence-corrected chi connectivity index (χ0v) is 9.24. The topological polar surface area (TPSA) is 27.7 Å². The van der Waals surface area contributed by atoms with Crippen LogP contribution in [-0.2, 0) is 9.47 Å². The minimum absolute atomic E-state index is 0.171. The van der Waals surface area contributed by atoms with Crippen molar-refractivity contribution in [2.45, 2.75) is 19.6 Å². The second-order valence-electron chi connectivity index (χ2n) is 3.72. The third-order valence-electron chi connectivity index (χ3n) is 2.46. The molecular formula is C12H15FO3. The van der Waals surface area contributed by atoms with Crippen LogP contribution in [-0.4, -0.2) is 26.1 Å². The van der Waals surface area contributed by atoms with Crippen LogP contribution in [0.2, 0.25) is 0 Å². The molecule has 0 saturated carbocycles. The van der Waals surface area contributed by atoms with Crippen molar-refractivity contribution in [2.24, 2.45) is 0 Å². The second-order valence-corrected chi connectivity index (χ2v) is 3.72. The predicted molar refractivity (Wildman–Crippen MR) is 56.9 cm³/mol. The van der Waals surface area contributed by atoms with E-state index in [0.717, 1.165) is 0 Å². The summed E-state index contributed by atoms with van der Waals surface area (Å²) in [6.45, 7) is 3.47. The van der Waals surface area contributed by atoms with Gasteiger partial charge in [0.1, 0.15) is 11.6 Å². The largest absolute Gasteiger partial charge is 0.493 e. The second kappa shape index (κ2) is 5.27. The summed E-state index contributed by atoms with van der Waals surface area (Å²) in [5, 5.41) is 0. The minimum Gasteiger partial charge on any atom is -0.493 e. The molecule has 1 heterocycles. The van der Waals surface area contributed by atoms with E-state index in [2.05, 4.69) is 0 Å². The molecule has 1 aromatic carbocycles. The normalized spacial score (nSPS) is 16.6. The van der Waals surface area contributed by atoms with Gasteiger partial charge in [-0.1, -0.05) is 6.07 Å². The third kappa shape index (κ3) is 2.93. The van der Waals surface area contributed by atoms with Crippen molar-refractivity contribution in [1.82, 2.24) is 0 Å². The molecule has 16 heavy (non-hydrogen) atoms. The maximum atomic E-state index is 13.2. The molecule has 88 valence electrons. The van der Waals surface area contributed by atoms with Gasteiger partial charge < -0.3 is 14.2 Å². The highest BCUT2D eigenvalue weighted by atomic mass is 19.1. The summed E-state index contributed by atoms with van der Waals surface area (Å²) in [6, 6.07) is 4.85. The zero-order chi connectivity index (χ0) is 11.4. The first kappa shape index (κ1) is 11.4. The monoisotopic (exact) mass is 226 g/mol. The third-order valence-corrected chi connectivity index (χ3v) is 2.46. The van der Waals surface area contributed by atoms with Gasteiger partial charge in [-0.25, -0.2) is 4.39 Å². The maximum absolute atomic E-state index is 13.2. The van der Waals surface area contributed by atoms with Crippen LogP contribution >= 0.6 is 0 Å². The summed E-state index contributed by atoms with van der Waals surface area (Å²) in [4.78, 5) is 0. The number of hydrogen-bond donors (Lipinski definition) is 0. The van der Waals surface area contributed by atoms with Crippen LogP contribution in [0, 0.1) is 12.7 Å². The Morgan fingerprint density at radius 1 is 1.38 bits per heavy atom. The molecule has 0 amide bonds. The van der Waals surface area contributed by atoms with Crippen LogP contribution in [0.4, 0.5) is 4.39 Å². The van der Waals surface area contributed by atoms with Gasteiger partial charge in [0.15, 0.2) is 6.29 Å². The Labute approximate surface area is 94.1 Å². The van der Waals surface area contributed by atoms with Gasteiger partial charge in [0, 0.05) is 12.5 Å². The first-order valence-electron chi connectivity index (χ1n) is 5.38. The predicted octanol–water partition coefficient (Wildman–Crippen LogP) is 2.28. The van der Waals surface area contributed by atoms with Crippen molar-refractivity contribution in [3.05, 3.63) is 29.6 Å². The smallest absolute Gasteiger partial charge is 0.161 e. The van der Waals surface area contributed by atoms with Crippen LogP contribution in [0.1, 0.15) is 12.0 Å². The van der Waals surface area contributed by atoms with E-state index in [0.29, 0.717) is 37.6 Å². The molecule has 0 radical (unpaired) electrons. The molecule has 0 atom stereocenters. The number of rotatable bonds is 4. The molecule has 1 aliphatic rings. The van der Waals surface area contributed by atoms with Crippen LogP contribution in [0.15, 0.2) is 18.2 Å². The molecule has 3 nitrogen and oxygen atoms in total. The minimum atomic E-state index is -0.245. The van der Waals surface area contributed by atoms with E-state index in [1.54, 1.807) is 19.1 Å². The van der Waals surface area contributed by atoms with E-state index < -0.39 is 0 Å². The summed E-state index contributed by atoms with van der Waals surface area (Å²) >= 11 is 0. The molecule has 0 unspecified atom stereocenters. The number of aryl methyl sites for hydroxylation is 1. The van der Waals surface area contributed by atoms with E-state index in [1.807, 2.05) is 0 Å². The summed E-state index contributed by atoms with van der Waals surface area (Å²) in [7, 11) is 0. The summed E-state index contributed by atoms with van der Waals surface area (Å²) in [5.41, 5.74) is 0.620. The van der Waals surface area contributed by atoms with E-state index in [9.17, 15) is 4.39 Å². The van der Waals surface area contributed by atoms with E-state index in [1.165, 1.54) is 6.07 Å². The van der Waals surface area contributed by atoms with Gasteiger partial charge in [-0.2, -0.15) is 0 Å². The van der Waals surface area contributed by atoms with Crippen molar-refractivity contribution < 1.29 is 18.6 Å². The van der Waals surface area contributed by atoms with Crippen LogP contribution in [0.3, 0.4) is 0 Å². The van der Waals surface area contributed by atoms with Gasteiger partial charge in [0.2, 0.25) is 0 Å². The van der Waals surface area contributed by atoms with Gasteiger partial charge in [-0.3, -0.25) is 0 Å². The van der Waals surface area contributed by atoms with E-state index >= 15 is 0 Å². The van der Waals surface area contributed by atoms with Gasteiger partial charge in [0.05, 0.1) is 19.8 Å². The van der Waals surface area contributed by atoms with Crippen LogP contribution in [0.5, 0.6) is 5.75 Å². The molecule has 0 spiro atoms. The molecule has 0 aromatic heterocycles. The first-order valence-corrected chi connectivity index (χ1v) is 5.38. The summed E-state index contributed by atoms with van der Waals surface area (Å²) in [5.74, 6) is 0.298. The Balaban J connectivity index is 1.78. The van der Waals surface area contributed by atoms with Crippen molar-refractivity contribution >= 4 is 0 Å². The number of hydrogen-bond acceptors (Lipinski definition) is 3. The first-order chi connectivity index (χ1) is 7.75. The lowest BCUT2D eigenvalue weighted by Crippen LogP contribution is -2.12.